The zero-order chi connectivity index (χ0) is 14.9. The van der Waals surface area contributed by atoms with Gasteiger partial charge in [0.15, 0.2) is 0 Å². The third-order valence-corrected chi connectivity index (χ3v) is 5.29. The maximum absolute atomic E-state index is 12.7. The zero-order valence-corrected chi connectivity index (χ0v) is 12.2. The summed E-state index contributed by atoms with van der Waals surface area (Å²) >= 11 is 0. The number of benzene rings is 2. The number of anilines is 2. The lowest BCUT2D eigenvalue weighted by molar-refractivity contribution is 0.260. The Morgan fingerprint density at radius 2 is 1.52 bits per heavy atom. The maximum atomic E-state index is 12.7. The second kappa shape index (κ2) is 5.26. The smallest absolute Gasteiger partial charge is 0.210 e. The monoisotopic (exact) mass is 301 g/mol. The lowest BCUT2D eigenvalue weighted by Crippen LogP contribution is -2.28. The SMILES string of the molecule is C=COCCN1c2ccccc2S(=O)(=O)c2ccccc21. The molecule has 2 aromatic rings. The van der Waals surface area contributed by atoms with E-state index in [4.69, 9.17) is 4.74 Å². The molecule has 4 nitrogen and oxygen atoms in total. The van der Waals surface area contributed by atoms with Crippen molar-refractivity contribution in [3.8, 4) is 0 Å². The van der Waals surface area contributed by atoms with Crippen LogP contribution < -0.4 is 4.90 Å². The molecule has 0 radical (unpaired) electrons. The standard InChI is InChI=1S/C16H15NO3S/c1-2-20-12-11-17-13-7-3-5-9-15(13)21(18,19)16-10-6-4-8-14(16)17/h2-10H,1,11-12H2. The lowest BCUT2D eigenvalue weighted by Gasteiger charge is -2.32. The number of fused-ring (bicyclic) bond motifs is 2. The molecule has 0 aliphatic carbocycles. The van der Waals surface area contributed by atoms with Crippen LogP contribution in [-0.2, 0) is 14.6 Å². The number of rotatable bonds is 4. The van der Waals surface area contributed by atoms with Crippen LogP contribution in [0.2, 0.25) is 0 Å². The van der Waals surface area contributed by atoms with Crippen LogP contribution in [-0.4, -0.2) is 21.6 Å². The van der Waals surface area contributed by atoms with E-state index in [1.54, 1.807) is 24.3 Å². The van der Waals surface area contributed by atoms with E-state index in [0.29, 0.717) is 34.3 Å². The Balaban J connectivity index is 2.16. The first-order valence-corrected chi connectivity index (χ1v) is 8.08. The van der Waals surface area contributed by atoms with Crippen LogP contribution >= 0.6 is 0 Å². The van der Waals surface area contributed by atoms with E-state index in [1.165, 1.54) is 6.26 Å². The van der Waals surface area contributed by atoms with Gasteiger partial charge < -0.3 is 9.64 Å². The van der Waals surface area contributed by atoms with Gasteiger partial charge in [-0.25, -0.2) is 8.42 Å². The molecule has 1 heterocycles. The lowest BCUT2D eigenvalue weighted by atomic mass is 10.2. The topological polar surface area (TPSA) is 46.6 Å². The van der Waals surface area contributed by atoms with Gasteiger partial charge in [-0.15, -0.1) is 0 Å². The fourth-order valence-corrected chi connectivity index (χ4v) is 4.19. The summed E-state index contributed by atoms with van der Waals surface area (Å²) in [4.78, 5) is 2.64. The molecule has 1 aliphatic rings. The number of hydrogen-bond donors (Lipinski definition) is 0. The fourth-order valence-electron chi connectivity index (χ4n) is 2.53. The summed E-state index contributed by atoms with van der Waals surface area (Å²) in [6.07, 6.45) is 1.39. The summed E-state index contributed by atoms with van der Waals surface area (Å²) in [5, 5.41) is 0. The summed E-state index contributed by atoms with van der Waals surface area (Å²) < 4.78 is 30.6. The van der Waals surface area contributed by atoms with Crippen LogP contribution in [0.3, 0.4) is 0 Å². The summed E-state index contributed by atoms with van der Waals surface area (Å²) in [5.41, 5.74) is 1.37. The molecule has 108 valence electrons. The van der Waals surface area contributed by atoms with Gasteiger partial charge in [-0.2, -0.15) is 0 Å². The van der Waals surface area contributed by atoms with Crippen LogP contribution in [0.5, 0.6) is 0 Å². The van der Waals surface area contributed by atoms with Crippen molar-refractivity contribution >= 4 is 21.2 Å². The van der Waals surface area contributed by atoms with Gasteiger partial charge in [-0.1, -0.05) is 30.8 Å². The highest BCUT2D eigenvalue weighted by molar-refractivity contribution is 7.92. The predicted octanol–water partition coefficient (Wildman–Crippen LogP) is 3.13. The van der Waals surface area contributed by atoms with Crippen molar-refractivity contribution in [3.63, 3.8) is 0 Å². The van der Waals surface area contributed by atoms with Crippen molar-refractivity contribution in [2.75, 3.05) is 18.1 Å². The summed E-state index contributed by atoms with van der Waals surface area (Å²) in [6.45, 7) is 4.51. The molecule has 0 amide bonds. The van der Waals surface area contributed by atoms with Crippen molar-refractivity contribution < 1.29 is 13.2 Å². The first-order chi connectivity index (χ1) is 10.2. The average Bonchev–Trinajstić information content (AvgIpc) is 2.51. The Morgan fingerprint density at radius 1 is 1.00 bits per heavy atom. The highest BCUT2D eigenvalue weighted by Crippen LogP contribution is 2.43. The Bertz CT molecular complexity index is 730. The normalized spacial score (nSPS) is 15.0. The molecule has 0 atom stereocenters. The van der Waals surface area contributed by atoms with E-state index in [2.05, 4.69) is 6.58 Å². The molecule has 21 heavy (non-hydrogen) atoms. The Hall–Kier alpha value is -2.27. The first kappa shape index (κ1) is 13.7. The van der Waals surface area contributed by atoms with E-state index in [-0.39, 0.29) is 0 Å². The van der Waals surface area contributed by atoms with Gasteiger partial charge >= 0.3 is 0 Å². The van der Waals surface area contributed by atoms with Crippen molar-refractivity contribution in [3.05, 3.63) is 61.4 Å². The van der Waals surface area contributed by atoms with Crippen molar-refractivity contribution in [2.24, 2.45) is 0 Å². The second-order valence-electron chi connectivity index (χ2n) is 4.63. The molecule has 5 heteroatoms. The largest absolute Gasteiger partial charge is 0.500 e. The number of hydrogen-bond acceptors (Lipinski definition) is 4. The van der Waals surface area contributed by atoms with Crippen molar-refractivity contribution in [1.82, 2.24) is 0 Å². The Kier molecular flexibility index (Phi) is 3.43. The molecule has 2 aromatic carbocycles. The maximum Gasteiger partial charge on any atom is 0.210 e. The van der Waals surface area contributed by atoms with Crippen LogP contribution in [0.25, 0.3) is 0 Å². The number of sulfone groups is 1. The molecule has 0 saturated heterocycles. The van der Waals surface area contributed by atoms with Gasteiger partial charge in [0.05, 0.1) is 34.0 Å². The predicted molar refractivity (Wildman–Crippen MR) is 81.5 cm³/mol. The van der Waals surface area contributed by atoms with Crippen LogP contribution in [0.1, 0.15) is 0 Å². The van der Waals surface area contributed by atoms with Gasteiger partial charge in [0, 0.05) is 0 Å². The van der Waals surface area contributed by atoms with E-state index >= 15 is 0 Å². The molecule has 0 spiro atoms. The minimum absolute atomic E-state index is 0.335. The molecule has 0 N–H and O–H groups in total. The van der Waals surface area contributed by atoms with Gasteiger partial charge in [0.25, 0.3) is 0 Å². The molecule has 0 fully saturated rings. The number of para-hydroxylation sites is 2. The van der Waals surface area contributed by atoms with E-state index in [9.17, 15) is 8.42 Å². The fraction of sp³-hybridized carbons (Fsp3) is 0.125. The van der Waals surface area contributed by atoms with Crippen molar-refractivity contribution in [2.45, 2.75) is 9.79 Å². The summed E-state index contributed by atoms with van der Waals surface area (Å²) in [7, 11) is -3.47. The minimum atomic E-state index is -3.47. The van der Waals surface area contributed by atoms with Crippen molar-refractivity contribution in [1.29, 1.82) is 0 Å². The summed E-state index contributed by atoms with van der Waals surface area (Å²) in [6, 6.07) is 14.1. The highest BCUT2D eigenvalue weighted by Gasteiger charge is 2.33. The van der Waals surface area contributed by atoms with Gasteiger partial charge in [-0.05, 0) is 24.3 Å². The molecular formula is C16H15NO3S. The number of ether oxygens (including phenoxy) is 1. The highest BCUT2D eigenvalue weighted by atomic mass is 32.2. The Morgan fingerprint density at radius 3 is 2.05 bits per heavy atom. The zero-order valence-electron chi connectivity index (χ0n) is 11.4. The third kappa shape index (κ3) is 2.19. The van der Waals surface area contributed by atoms with Gasteiger partial charge in [0.2, 0.25) is 9.84 Å². The van der Waals surface area contributed by atoms with Crippen LogP contribution in [0.4, 0.5) is 11.4 Å². The second-order valence-corrected chi connectivity index (χ2v) is 6.51. The summed E-state index contributed by atoms with van der Waals surface area (Å²) in [5.74, 6) is 0. The first-order valence-electron chi connectivity index (χ1n) is 6.59. The molecule has 3 rings (SSSR count). The average molecular weight is 301 g/mol. The van der Waals surface area contributed by atoms with E-state index in [1.807, 2.05) is 29.2 Å². The van der Waals surface area contributed by atoms with Crippen LogP contribution in [0.15, 0.2) is 71.2 Å². The van der Waals surface area contributed by atoms with E-state index in [0.717, 1.165) is 0 Å². The van der Waals surface area contributed by atoms with Crippen LogP contribution in [0, 0.1) is 0 Å². The number of nitrogens with zero attached hydrogens (tertiary/aromatic N) is 1. The quantitative estimate of drug-likeness (QED) is 0.643. The molecule has 0 aromatic heterocycles. The van der Waals surface area contributed by atoms with Gasteiger partial charge in [-0.3, -0.25) is 0 Å². The molecule has 1 aliphatic heterocycles. The molecule has 0 saturated carbocycles. The molecule has 0 unspecified atom stereocenters. The Labute approximate surface area is 124 Å². The molecule has 0 bridgehead atoms. The minimum Gasteiger partial charge on any atom is -0.500 e. The third-order valence-electron chi connectivity index (χ3n) is 3.44. The molecular weight excluding hydrogens is 286 g/mol. The van der Waals surface area contributed by atoms with Gasteiger partial charge in [0.1, 0.15) is 6.61 Å². The van der Waals surface area contributed by atoms with E-state index < -0.39 is 9.84 Å².